The average molecular weight is 461 g/mol. The number of carbonyl (C=O) groups is 1. The molecule has 0 saturated heterocycles. The zero-order valence-corrected chi connectivity index (χ0v) is 20.4. The number of anilines is 1. The van der Waals surface area contributed by atoms with Crippen LogP contribution in [0.25, 0.3) is 0 Å². The van der Waals surface area contributed by atoms with Crippen molar-refractivity contribution in [3.05, 3.63) is 35.0 Å². The maximum atomic E-state index is 13.1. The van der Waals surface area contributed by atoms with Crippen molar-refractivity contribution >= 4 is 23.7 Å². The number of ether oxygens (including phenoxy) is 3. The number of fused-ring (bicyclic) bond motifs is 1. The van der Waals surface area contributed by atoms with Gasteiger partial charge in [0.2, 0.25) is 11.1 Å². The normalized spacial score (nSPS) is 15.4. The summed E-state index contributed by atoms with van der Waals surface area (Å²) in [5.41, 5.74) is 2.02. The van der Waals surface area contributed by atoms with Crippen LogP contribution in [0.4, 0.5) is 5.95 Å². The number of nitrogens with zero attached hydrogens (tertiary/aromatic N) is 3. The van der Waals surface area contributed by atoms with Gasteiger partial charge in [-0.1, -0.05) is 38.1 Å². The second-order valence-electron chi connectivity index (χ2n) is 7.73. The lowest BCUT2D eigenvalue weighted by Gasteiger charge is -2.29. The van der Waals surface area contributed by atoms with Gasteiger partial charge in [-0.25, -0.2) is 9.48 Å². The fourth-order valence-corrected chi connectivity index (χ4v) is 4.03. The van der Waals surface area contributed by atoms with Gasteiger partial charge in [0.1, 0.15) is 6.04 Å². The van der Waals surface area contributed by atoms with Gasteiger partial charge < -0.3 is 19.5 Å². The number of unbranched alkanes of at least 4 members (excludes halogenated alkanes) is 1. The summed E-state index contributed by atoms with van der Waals surface area (Å²) in [6.45, 7) is 10.3. The Morgan fingerprint density at radius 2 is 2.06 bits per heavy atom. The Bertz CT molecular complexity index is 986. The first-order chi connectivity index (χ1) is 15.4. The van der Waals surface area contributed by atoms with Crippen molar-refractivity contribution in [3.63, 3.8) is 0 Å². The van der Waals surface area contributed by atoms with Crippen LogP contribution < -0.4 is 14.8 Å². The molecule has 1 aromatic carbocycles. The van der Waals surface area contributed by atoms with Gasteiger partial charge in [-0.2, -0.15) is 4.98 Å². The number of nitrogens with one attached hydrogen (secondary N) is 1. The molecule has 0 fully saturated rings. The molecule has 2 heterocycles. The standard InChI is InChI=1S/C23H32N4O4S/c1-7-9-12-30-17-11-10-16(13-18(17)29-6)20-19(21(28)31-14(3)4)15(5)24-22-25-23(32-8-2)26-27(20)22/h10-11,13-14,20H,7-9,12H2,1-6H3,(H,24,25,26). The van der Waals surface area contributed by atoms with Crippen LogP contribution in [0.3, 0.4) is 0 Å². The van der Waals surface area contributed by atoms with Crippen LogP contribution in [0.2, 0.25) is 0 Å². The van der Waals surface area contributed by atoms with E-state index in [1.807, 2.05) is 45.9 Å². The van der Waals surface area contributed by atoms with E-state index < -0.39 is 6.04 Å². The molecule has 0 radical (unpaired) electrons. The molecular weight excluding hydrogens is 428 g/mol. The predicted octanol–water partition coefficient (Wildman–Crippen LogP) is 4.82. The minimum absolute atomic E-state index is 0.240. The zero-order chi connectivity index (χ0) is 23.3. The fourth-order valence-electron chi connectivity index (χ4n) is 3.47. The van der Waals surface area contributed by atoms with Crippen LogP contribution in [0.15, 0.2) is 34.6 Å². The van der Waals surface area contributed by atoms with E-state index in [-0.39, 0.29) is 12.1 Å². The number of rotatable bonds is 10. The predicted molar refractivity (Wildman–Crippen MR) is 126 cm³/mol. The highest BCUT2D eigenvalue weighted by molar-refractivity contribution is 7.99. The first kappa shape index (κ1) is 24.0. The monoisotopic (exact) mass is 460 g/mol. The van der Waals surface area contributed by atoms with Crippen molar-refractivity contribution in [2.24, 2.45) is 0 Å². The molecule has 1 aliphatic heterocycles. The van der Waals surface area contributed by atoms with E-state index in [0.29, 0.717) is 40.5 Å². The average Bonchev–Trinajstić information content (AvgIpc) is 3.14. The molecule has 174 valence electrons. The number of esters is 1. The second-order valence-corrected chi connectivity index (χ2v) is 8.96. The first-order valence-corrected chi connectivity index (χ1v) is 12.0. The van der Waals surface area contributed by atoms with Crippen molar-refractivity contribution in [2.75, 3.05) is 24.8 Å². The van der Waals surface area contributed by atoms with E-state index >= 15 is 0 Å². The molecule has 1 atom stereocenters. The molecule has 0 spiro atoms. The van der Waals surface area contributed by atoms with Gasteiger partial charge in [0.15, 0.2) is 11.5 Å². The van der Waals surface area contributed by atoms with E-state index in [1.54, 1.807) is 23.6 Å². The van der Waals surface area contributed by atoms with Gasteiger partial charge in [-0.15, -0.1) is 5.10 Å². The summed E-state index contributed by atoms with van der Waals surface area (Å²) in [6, 6.07) is 5.21. The molecule has 1 N–H and O–H groups in total. The van der Waals surface area contributed by atoms with Gasteiger partial charge in [0, 0.05) is 5.70 Å². The maximum absolute atomic E-state index is 13.1. The number of aromatic nitrogens is 3. The highest BCUT2D eigenvalue weighted by atomic mass is 32.2. The molecule has 9 heteroatoms. The summed E-state index contributed by atoms with van der Waals surface area (Å²) < 4.78 is 18.8. The molecule has 0 aliphatic carbocycles. The molecule has 0 bridgehead atoms. The molecule has 8 nitrogen and oxygen atoms in total. The largest absolute Gasteiger partial charge is 0.493 e. The second kappa shape index (κ2) is 10.8. The molecule has 3 rings (SSSR count). The van der Waals surface area contributed by atoms with Crippen LogP contribution in [-0.2, 0) is 9.53 Å². The number of allylic oxidation sites excluding steroid dienone is 1. The van der Waals surface area contributed by atoms with E-state index in [1.165, 1.54) is 0 Å². The Hall–Kier alpha value is -2.68. The Morgan fingerprint density at radius 3 is 2.72 bits per heavy atom. The molecular formula is C23H32N4O4S. The highest BCUT2D eigenvalue weighted by Gasteiger charge is 2.36. The molecule has 0 saturated carbocycles. The third kappa shape index (κ3) is 5.20. The number of carbonyl (C=O) groups excluding carboxylic acids is 1. The molecule has 32 heavy (non-hydrogen) atoms. The summed E-state index contributed by atoms with van der Waals surface area (Å²) in [6.07, 6.45) is 1.77. The Balaban J connectivity index is 2.07. The third-order valence-electron chi connectivity index (χ3n) is 4.93. The molecule has 1 aromatic heterocycles. The van der Waals surface area contributed by atoms with Gasteiger partial charge >= 0.3 is 5.97 Å². The fraction of sp³-hybridized carbons (Fsp3) is 0.522. The lowest BCUT2D eigenvalue weighted by atomic mass is 9.95. The lowest BCUT2D eigenvalue weighted by molar-refractivity contribution is -0.143. The Morgan fingerprint density at radius 1 is 1.28 bits per heavy atom. The Labute approximate surface area is 193 Å². The van der Waals surface area contributed by atoms with E-state index in [9.17, 15) is 4.79 Å². The van der Waals surface area contributed by atoms with E-state index in [2.05, 4.69) is 22.3 Å². The lowest BCUT2D eigenvalue weighted by Crippen LogP contribution is -2.30. The van der Waals surface area contributed by atoms with Gasteiger partial charge in [0.05, 0.1) is 25.4 Å². The summed E-state index contributed by atoms with van der Waals surface area (Å²) in [4.78, 5) is 17.7. The maximum Gasteiger partial charge on any atom is 0.338 e. The third-order valence-corrected chi connectivity index (χ3v) is 5.65. The summed E-state index contributed by atoms with van der Waals surface area (Å²) in [5.74, 6) is 2.33. The topological polar surface area (TPSA) is 87.5 Å². The molecule has 1 aliphatic rings. The van der Waals surface area contributed by atoms with Crippen molar-refractivity contribution in [1.82, 2.24) is 14.8 Å². The minimum Gasteiger partial charge on any atom is -0.493 e. The molecule has 0 amide bonds. The zero-order valence-electron chi connectivity index (χ0n) is 19.6. The van der Waals surface area contributed by atoms with E-state index in [4.69, 9.17) is 14.2 Å². The first-order valence-electron chi connectivity index (χ1n) is 11.0. The number of hydrogen-bond acceptors (Lipinski definition) is 8. The van der Waals surface area contributed by atoms with Gasteiger partial charge in [-0.05, 0) is 50.6 Å². The number of thioether (sulfide) groups is 1. The SMILES string of the molecule is CCCCOc1ccc(C2C(C(=O)OC(C)C)=C(C)Nc3nc(SCC)nn32)cc1OC. The van der Waals surface area contributed by atoms with Crippen molar-refractivity contribution in [3.8, 4) is 11.5 Å². The van der Waals surface area contributed by atoms with Crippen LogP contribution >= 0.6 is 11.8 Å². The summed E-state index contributed by atoms with van der Waals surface area (Å²) >= 11 is 1.55. The molecule has 2 aromatic rings. The van der Waals surface area contributed by atoms with Gasteiger partial charge in [0.25, 0.3) is 0 Å². The van der Waals surface area contributed by atoms with Crippen LogP contribution in [0.5, 0.6) is 11.5 Å². The van der Waals surface area contributed by atoms with Crippen molar-refractivity contribution < 1.29 is 19.0 Å². The van der Waals surface area contributed by atoms with Crippen molar-refractivity contribution in [1.29, 1.82) is 0 Å². The quantitative estimate of drug-likeness (QED) is 0.307. The minimum atomic E-state index is -0.505. The number of benzene rings is 1. The number of hydrogen-bond donors (Lipinski definition) is 1. The highest BCUT2D eigenvalue weighted by Crippen LogP contribution is 2.40. The number of methoxy groups -OCH3 is 1. The van der Waals surface area contributed by atoms with Crippen LogP contribution in [0.1, 0.15) is 59.1 Å². The van der Waals surface area contributed by atoms with Gasteiger partial charge in [-0.3, -0.25) is 0 Å². The Kier molecular flexibility index (Phi) is 8.06. The van der Waals surface area contributed by atoms with E-state index in [0.717, 1.165) is 24.2 Å². The summed E-state index contributed by atoms with van der Waals surface area (Å²) in [7, 11) is 1.61. The van der Waals surface area contributed by atoms with Crippen molar-refractivity contribution in [2.45, 2.75) is 64.8 Å². The molecule has 1 unspecified atom stereocenters. The smallest absolute Gasteiger partial charge is 0.338 e. The van der Waals surface area contributed by atoms with Crippen LogP contribution in [0, 0.1) is 0 Å². The van der Waals surface area contributed by atoms with Crippen LogP contribution in [-0.4, -0.2) is 46.3 Å². The summed E-state index contributed by atoms with van der Waals surface area (Å²) in [5, 5.41) is 8.54.